The maximum absolute atomic E-state index is 12.2. The summed E-state index contributed by atoms with van der Waals surface area (Å²) >= 11 is 1.53. The van der Waals surface area contributed by atoms with E-state index in [1.54, 1.807) is 12.4 Å². The molecule has 0 aliphatic heterocycles. The van der Waals surface area contributed by atoms with Crippen LogP contribution in [0.3, 0.4) is 0 Å². The largest absolute Gasteiger partial charge is 0.326 e. The zero-order valence-corrected chi connectivity index (χ0v) is 13.6. The van der Waals surface area contributed by atoms with E-state index in [1.807, 2.05) is 35.7 Å². The van der Waals surface area contributed by atoms with Gasteiger partial charge in [-0.25, -0.2) is 4.98 Å². The summed E-state index contributed by atoms with van der Waals surface area (Å²) in [5, 5.41) is 5.73. The number of thiazole rings is 1. The molecule has 1 N–H and O–H groups in total. The van der Waals surface area contributed by atoms with Gasteiger partial charge >= 0.3 is 0 Å². The molecule has 0 aliphatic carbocycles. The van der Waals surface area contributed by atoms with E-state index in [0.717, 1.165) is 28.4 Å². The highest BCUT2D eigenvalue weighted by Gasteiger charge is 2.09. The average molecular weight is 323 g/mol. The van der Waals surface area contributed by atoms with Crippen molar-refractivity contribution in [1.29, 1.82) is 0 Å². The van der Waals surface area contributed by atoms with Crippen LogP contribution in [0.2, 0.25) is 0 Å². The zero-order chi connectivity index (χ0) is 16.1. The van der Waals surface area contributed by atoms with Crippen molar-refractivity contribution in [2.75, 3.05) is 5.32 Å². The minimum atomic E-state index is -0.0544. The number of hydrogen-bond acceptors (Lipinski definition) is 4. The Balaban J connectivity index is 1.65. The molecule has 3 rings (SSSR count). The number of nitrogens with zero attached hydrogens (tertiary/aromatic N) is 2. The fraction of sp³-hybridized carbons (Fsp3) is 0.167. The number of rotatable bonds is 5. The van der Waals surface area contributed by atoms with Crippen LogP contribution in [0.25, 0.3) is 10.6 Å². The minimum Gasteiger partial charge on any atom is -0.326 e. The van der Waals surface area contributed by atoms with E-state index in [2.05, 4.69) is 28.3 Å². The first kappa shape index (κ1) is 15.4. The van der Waals surface area contributed by atoms with Crippen molar-refractivity contribution in [3.8, 4) is 10.6 Å². The molecule has 0 saturated heterocycles. The van der Waals surface area contributed by atoms with Crippen molar-refractivity contribution in [1.82, 2.24) is 9.97 Å². The zero-order valence-electron chi connectivity index (χ0n) is 12.8. The van der Waals surface area contributed by atoms with Gasteiger partial charge in [-0.1, -0.05) is 19.1 Å². The quantitative estimate of drug-likeness (QED) is 0.773. The number of anilines is 1. The third-order valence-electron chi connectivity index (χ3n) is 3.42. The van der Waals surface area contributed by atoms with E-state index in [-0.39, 0.29) is 12.3 Å². The number of nitrogens with one attached hydrogen (secondary N) is 1. The van der Waals surface area contributed by atoms with Crippen LogP contribution >= 0.6 is 11.3 Å². The third kappa shape index (κ3) is 4.02. The molecule has 3 aromatic rings. The van der Waals surface area contributed by atoms with Gasteiger partial charge in [0.25, 0.3) is 0 Å². The molecule has 2 heterocycles. The summed E-state index contributed by atoms with van der Waals surface area (Å²) in [6.07, 6.45) is 4.73. The number of pyridine rings is 1. The molecule has 0 radical (unpaired) electrons. The standard InChI is InChI=1S/C18H17N3OS/c1-2-13-5-3-7-15(9-13)20-17(22)10-16-12-23-18(21-16)14-6-4-8-19-11-14/h3-9,11-12H,2,10H2,1H3,(H,20,22). The van der Waals surface area contributed by atoms with Gasteiger partial charge in [0.1, 0.15) is 5.01 Å². The topological polar surface area (TPSA) is 54.9 Å². The van der Waals surface area contributed by atoms with E-state index in [0.29, 0.717) is 0 Å². The number of aromatic nitrogens is 2. The molecule has 0 bridgehead atoms. The van der Waals surface area contributed by atoms with Gasteiger partial charge < -0.3 is 5.32 Å². The average Bonchev–Trinajstić information content (AvgIpc) is 3.04. The van der Waals surface area contributed by atoms with Gasteiger partial charge in [0.05, 0.1) is 12.1 Å². The van der Waals surface area contributed by atoms with E-state index in [4.69, 9.17) is 0 Å². The highest BCUT2D eigenvalue weighted by atomic mass is 32.1. The fourth-order valence-corrected chi connectivity index (χ4v) is 3.06. The molecule has 116 valence electrons. The Morgan fingerprint density at radius 1 is 1.26 bits per heavy atom. The maximum Gasteiger partial charge on any atom is 0.230 e. The molecule has 23 heavy (non-hydrogen) atoms. The minimum absolute atomic E-state index is 0.0544. The van der Waals surface area contributed by atoms with Crippen LogP contribution < -0.4 is 5.32 Å². The number of aryl methyl sites for hydroxylation is 1. The molecule has 0 fully saturated rings. The van der Waals surface area contributed by atoms with Gasteiger partial charge in [-0.05, 0) is 36.2 Å². The van der Waals surface area contributed by atoms with Gasteiger partial charge in [0.15, 0.2) is 0 Å². The van der Waals surface area contributed by atoms with Crippen molar-refractivity contribution in [2.24, 2.45) is 0 Å². The lowest BCUT2D eigenvalue weighted by Gasteiger charge is -2.05. The normalized spacial score (nSPS) is 10.5. The molecule has 0 atom stereocenters. The SMILES string of the molecule is CCc1cccc(NC(=O)Cc2csc(-c3cccnc3)n2)c1. The van der Waals surface area contributed by atoms with Gasteiger partial charge in [0, 0.05) is 29.0 Å². The molecule has 5 heteroatoms. The summed E-state index contributed by atoms with van der Waals surface area (Å²) < 4.78 is 0. The molecular weight excluding hydrogens is 306 g/mol. The predicted octanol–water partition coefficient (Wildman–Crippen LogP) is 3.95. The van der Waals surface area contributed by atoms with E-state index in [9.17, 15) is 4.79 Å². The van der Waals surface area contributed by atoms with Crippen molar-refractivity contribution < 1.29 is 4.79 Å². The van der Waals surface area contributed by atoms with Crippen molar-refractivity contribution >= 4 is 22.9 Å². The lowest BCUT2D eigenvalue weighted by molar-refractivity contribution is -0.115. The van der Waals surface area contributed by atoms with Crippen molar-refractivity contribution in [3.05, 3.63) is 65.4 Å². The summed E-state index contributed by atoms with van der Waals surface area (Å²) in [5.74, 6) is -0.0544. The van der Waals surface area contributed by atoms with Crippen LogP contribution in [-0.2, 0) is 17.6 Å². The Morgan fingerprint density at radius 3 is 2.96 bits per heavy atom. The Morgan fingerprint density at radius 2 is 2.17 bits per heavy atom. The van der Waals surface area contributed by atoms with Crippen LogP contribution in [0.4, 0.5) is 5.69 Å². The molecule has 0 aliphatic rings. The van der Waals surface area contributed by atoms with Crippen molar-refractivity contribution in [2.45, 2.75) is 19.8 Å². The Labute approximate surface area is 139 Å². The molecule has 2 aromatic heterocycles. The monoisotopic (exact) mass is 323 g/mol. The van der Waals surface area contributed by atoms with E-state index < -0.39 is 0 Å². The molecule has 0 saturated carbocycles. The number of carbonyl (C=O) groups is 1. The van der Waals surface area contributed by atoms with Crippen LogP contribution in [-0.4, -0.2) is 15.9 Å². The number of carbonyl (C=O) groups excluding carboxylic acids is 1. The summed E-state index contributed by atoms with van der Waals surface area (Å²) in [6.45, 7) is 2.09. The third-order valence-corrected chi connectivity index (χ3v) is 4.36. The summed E-state index contributed by atoms with van der Waals surface area (Å²) in [7, 11) is 0. The highest BCUT2D eigenvalue weighted by Crippen LogP contribution is 2.23. The smallest absolute Gasteiger partial charge is 0.230 e. The number of benzene rings is 1. The maximum atomic E-state index is 12.2. The van der Waals surface area contributed by atoms with Gasteiger partial charge in [-0.3, -0.25) is 9.78 Å². The van der Waals surface area contributed by atoms with Gasteiger partial charge in [-0.2, -0.15) is 0 Å². The van der Waals surface area contributed by atoms with Crippen molar-refractivity contribution in [3.63, 3.8) is 0 Å². The second kappa shape index (κ2) is 7.15. The fourth-order valence-electron chi connectivity index (χ4n) is 2.25. The second-order valence-corrected chi connectivity index (χ2v) is 6.02. The molecular formula is C18H17N3OS. The first-order valence-corrected chi connectivity index (χ1v) is 8.36. The molecule has 1 amide bonds. The lowest BCUT2D eigenvalue weighted by atomic mass is 10.1. The lowest BCUT2D eigenvalue weighted by Crippen LogP contribution is -2.14. The first-order valence-electron chi connectivity index (χ1n) is 7.48. The highest BCUT2D eigenvalue weighted by molar-refractivity contribution is 7.13. The Kier molecular flexibility index (Phi) is 4.78. The summed E-state index contributed by atoms with van der Waals surface area (Å²) in [6, 6.07) is 11.8. The predicted molar refractivity (Wildman–Crippen MR) is 93.5 cm³/mol. The van der Waals surface area contributed by atoms with E-state index in [1.165, 1.54) is 16.9 Å². The Hall–Kier alpha value is -2.53. The molecule has 0 unspecified atom stereocenters. The summed E-state index contributed by atoms with van der Waals surface area (Å²) in [4.78, 5) is 20.8. The molecule has 0 spiro atoms. The van der Waals surface area contributed by atoms with Crippen LogP contribution in [0.5, 0.6) is 0 Å². The van der Waals surface area contributed by atoms with Crippen LogP contribution in [0.1, 0.15) is 18.2 Å². The molecule has 4 nitrogen and oxygen atoms in total. The number of hydrogen-bond donors (Lipinski definition) is 1. The second-order valence-electron chi connectivity index (χ2n) is 5.16. The van der Waals surface area contributed by atoms with Gasteiger partial charge in [-0.15, -0.1) is 11.3 Å². The first-order chi connectivity index (χ1) is 11.2. The Bertz CT molecular complexity index is 799. The molecule has 1 aromatic carbocycles. The van der Waals surface area contributed by atoms with Crippen LogP contribution in [0.15, 0.2) is 54.2 Å². The van der Waals surface area contributed by atoms with E-state index >= 15 is 0 Å². The van der Waals surface area contributed by atoms with Gasteiger partial charge in [0.2, 0.25) is 5.91 Å². The van der Waals surface area contributed by atoms with Crippen LogP contribution in [0, 0.1) is 0 Å². The summed E-state index contributed by atoms with van der Waals surface area (Å²) in [5.41, 5.74) is 3.78. The number of amides is 1.